The normalized spacial score (nSPS) is 12.1. The van der Waals surface area contributed by atoms with Crippen LogP contribution in [0.1, 0.15) is 71.1 Å². The zero-order chi connectivity index (χ0) is 16.1. The monoisotopic (exact) mass is 319 g/mol. The Bertz CT molecular complexity index is 299. The van der Waals surface area contributed by atoms with E-state index >= 15 is 0 Å². The molecule has 0 radical (unpaired) electrons. The molecule has 0 spiro atoms. The summed E-state index contributed by atoms with van der Waals surface area (Å²) < 4.78 is 1.05. The van der Waals surface area contributed by atoms with Gasteiger partial charge in [0.1, 0.15) is 0 Å². The third kappa shape index (κ3) is 9.81. The van der Waals surface area contributed by atoms with E-state index in [-0.39, 0.29) is 5.91 Å². The van der Waals surface area contributed by atoms with Crippen LogP contribution in [0.3, 0.4) is 0 Å². The van der Waals surface area contributed by atoms with Crippen molar-refractivity contribution in [2.75, 3.05) is 6.61 Å². The van der Waals surface area contributed by atoms with Crippen LogP contribution in [0.4, 0.5) is 0 Å². The number of amides is 1. The molecule has 124 valence electrons. The van der Waals surface area contributed by atoms with Crippen molar-refractivity contribution < 1.29 is 19.8 Å². The molecular formula is C15H30NO4P. The molecule has 2 N–H and O–H groups in total. The smallest absolute Gasteiger partial charge is 0.329 e. The third-order valence-corrected chi connectivity index (χ3v) is 4.22. The van der Waals surface area contributed by atoms with Crippen molar-refractivity contribution in [1.29, 1.82) is 0 Å². The SMILES string of the molecule is CCCCCCCCCCCC(=O)N(P)C(CO)C(=O)O. The van der Waals surface area contributed by atoms with Crippen molar-refractivity contribution in [2.45, 2.75) is 77.2 Å². The quantitative estimate of drug-likeness (QED) is 0.404. The molecule has 0 aromatic carbocycles. The molecule has 0 bridgehead atoms. The summed E-state index contributed by atoms with van der Waals surface area (Å²) in [7, 11) is 2.10. The highest BCUT2D eigenvalue weighted by molar-refractivity contribution is 7.14. The second kappa shape index (κ2) is 13.0. The van der Waals surface area contributed by atoms with Gasteiger partial charge in [-0.25, -0.2) is 4.79 Å². The first kappa shape index (κ1) is 20.3. The molecule has 6 heteroatoms. The van der Waals surface area contributed by atoms with Gasteiger partial charge in [0.15, 0.2) is 6.04 Å². The molecule has 0 aliphatic carbocycles. The number of carbonyl (C=O) groups excluding carboxylic acids is 1. The molecule has 2 atom stereocenters. The molecule has 0 saturated carbocycles. The van der Waals surface area contributed by atoms with E-state index in [1.807, 2.05) is 0 Å². The highest BCUT2D eigenvalue weighted by atomic mass is 31.0. The van der Waals surface area contributed by atoms with Crippen LogP contribution in [-0.4, -0.2) is 39.4 Å². The number of carbonyl (C=O) groups is 2. The second-order valence-corrected chi connectivity index (χ2v) is 5.97. The van der Waals surface area contributed by atoms with Crippen LogP contribution in [0, 0.1) is 0 Å². The lowest BCUT2D eigenvalue weighted by molar-refractivity contribution is -0.147. The Kier molecular flexibility index (Phi) is 12.6. The summed E-state index contributed by atoms with van der Waals surface area (Å²) in [6, 6.07) is -1.17. The van der Waals surface area contributed by atoms with Gasteiger partial charge in [-0.2, -0.15) is 0 Å². The molecule has 5 nitrogen and oxygen atoms in total. The Hall–Kier alpha value is -0.670. The van der Waals surface area contributed by atoms with Gasteiger partial charge in [-0.1, -0.05) is 58.3 Å². The summed E-state index contributed by atoms with van der Waals surface area (Å²) in [5.41, 5.74) is 0. The van der Waals surface area contributed by atoms with E-state index < -0.39 is 18.6 Å². The average Bonchev–Trinajstić information content (AvgIpc) is 2.45. The fraction of sp³-hybridized carbons (Fsp3) is 0.867. The molecule has 21 heavy (non-hydrogen) atoms. The minimum atomic E-state index is -1.19. The number of hydrogen-bond acceptors (Lipinski definition) is 3. The number of aliphatic hydroxyl groups is 1. The molecule has 0 aliphatic rings. The van der Waals surface area contributed by atoms with Gasteiger partial charge in [0.25, 0.3) is 0 Å². The van der Waals surface area contributed by atoms with E-state index in [2.05, 4.69) is 16.3 Å². The third-order valence-electron chi connectivity index (χ3n) is 3.58. The summed E-state index contributed by atoms with van der Waals surface area (Å²) >= 11 is 0. The standard InChI is InChI=1S/C15H30NO4P/c1-2-3-4-5-6-7-8-9-10-11-14(18)16(21)13(12-17)15(19)20/h13,17H,2-12,21H2,1H3,(H,19,20). The largest absolute Gasteiger partial charge is 0.480 e. The van der Waals surface area contributed by atoms with E-state index in [4.69, 9.17) is 10.2 Å². The number of nitrogens with zero attached hydrogens (tertiary/aromatic N) is 1. The molecule has 0 aromatic heterocycles. The zero-order valence-electron chi connectivity index (χ0n) is 13.1. The fourth-order valence-corrected chi connectivity index (χ4v) is 2.53. The fourth-order valence-electron chi connectivity index (χ4n) is 2.17. The van der Waals surface area contributed by atoms with Gasteiger partial charge in [0, 0.05) is 6.42 Å². The van der Waals surface area contributed by atoms with E-state index in [1.165, 1.54) is 38.5 Å². The van der Waals surface area contributed by atoms with Crippen molar-refractivity contribution in [3.63, 3.8) is 0 Å². The maximum absolute atomic E-state index is 11.8. The Morgan fingerprint density at radius 3 is 1.90 bits per heavy atom. The lowest BCUT2D eigenvalue weighted by atomic mass is 10.1. The zero-order valence-corrected chi connectivity index (χ0v) is 14.2. The van der Waals surface area contributed by atoms with Gasteiger partial charge in [-0.05, 0) is 15.8 Å². The number of rotatable bonds is 13. The molecule has 1 amide bonds. The Morgan fingerprint density at radius 1 is 1.00 bits per heavy atom. The van der Waals surface area contributed by atoms with Crippen molar-refractivity contribution >= 4 is 21.3 Å². The van der Waals surface area contributed by atoms with E-state index in [0.717, 1.165) is 23.9 Å². The van der Waals surface area contributed by atoms with Crippen LogP contribution in [-0.2, 0) is 9.59 Å². The van der Waals surface area contributed by atoms with Crippen molar-refractivity contribution in [2.24, 2.45) is 0 Å². The van der Waals surface area contributed by atoms with Gasteiger partial charge >= 0.3 is 5.97 Å². The molecule has 0 aromatic rings. The first-order valence-corrected chi connectivity index (χ1v) is 8.46. The lowest BCUT2D eigenvalue weighted by Gasteiger charge is -2.22. The molecule has 0 aliphatic heterocycles. The predicted octanol–water partition coefficient (Wildman–Crippen LogP) is 2.97. The van der Waals surface area contributed by atoms with Crippen LogP contribution in [0.25, 0.3) is 0 Å². The number of carboxylic acids is 1. The number of aliphatic carboxylic acids is 1. The molecule has 2 unspecified atom stereocenters. The Morgan fingerprint density at radius 2 is 1.48 bits per heavy atom. The molecule has 0 fully saturated rings. The van der Waals surface area contributed by atoms with Crippen molar-refractivity contribution in [1.82, 2.24) is 4.67 Å². The Balaban J connectivity index is 3.63. The molecular weight excluding hydrogens is 289 g/mol. The number of aliphatic hydroxyl groups excluding tert-OH is 1. The van der Waals surface area contributed by atoms with Gasteiger partial charge in [-0.15, -0.1) is 0 Å². The maximum Gasteiger partial charge on any atom is 0.329 e. The summed E-state index contributed by atoms with van der Waals surface area (Å²) in [5, 5.41) is 17.8. The van der Waals surface area contributed by atoms with Crippen LogP contribution in [0.5, 0.6) is 0 Å². The minimum absolute atomic E-state index is 0.246. The highest BCUT2D eigenvalue weighted by Crippen LogP contribution is 2.14. The number of carboxylic acid groups (broad SMARTS) is 1. The van der Waals surface area contributed by atoms with Crippen LogP contribution in [0.2, 0.25) is 0 Å². The van der Waals surface area contributed by atoms with E-state index in [0.29, 0.717) is 6.42 Å². The molecule has 0 heterocycles. The first-order valence-electron chi connectivity index (χ1n) is 7.95. The summed E-state index contributed by atoms with van der Waals surface area (Å²) in [6.07, 6.45) is 10.9. The topological polar surface area (TPSA) is 77.8 Å². The summed E-state index contributed by atoms with van der Waals surface area (Å²) in [4.78, 5) is 22.6. The minimum Gasteiger partial charge on any atom is -0.480 e. The van der Waals surface area contributed by atoms with Crippen LogP contribution < -0.4 is 0 Å². The average molecular weight is 319 g/mol. The van der Waals surface area contributed by atoms with Gasteiger partial charge in [0.2, 0.25) is 5.91 Å². The van der Waals surface area contributed by atoms with Crippen molar-refractivity contribution in [3.05, 3.63) is 0 Å². The number of unbranched alkanes of at least 4 members (excludes halogenated alkanes) is 8. The molecule has 0 saturated heterocycles. The van der Waals surface area contributed by atoms with E-state index in [1.54, 1.807) is 0 Å². The van der Waals surface area contributed by atoms with Crippen LogP contribution in [0.15, 0.2) is 0 Å². The summed E-state index contributed by atoms with van der Waals surface area (Å²) in [6.45, 7) is 1.64. The van der Waals surface area contributed by atoms with E-state index in [9.17, 15) is 9.59 Å². The predicted molar refractivity (Wildman–Crippen MR) is 86.9 cm³/mol. The Labute approximate surface area is 130 Å². The maximum atomic E-state index is 11.8. The second-order valence-electron chi connectivity index (χ2n) is 5.42. The van der Waals surface area contributed by atoms with Crippen molar-refractivity contribution in [3.8, 4) is 0 Å². The number of hydrogen-bond donors (Lipinski definition) is 2. The molecule has 0 rings (SSSR count). The van der Waals surface area contributed by atoms with Gasteiger partial charge in [-0.3, -0.25) is 4.79 Å². The van der Waals surface area contributed by atoms with Gasteiger partial charge in [0.05, 0.1) is 6.61 Å². The lowest BCUT2D eigenvalue weighted by Crippen LogP contribution is -2.41. The highest BCUT2D eigenvalue weighted by Gasteiger charge is 2.25. The first-order chi connectivity index (χ1) is 10.0. The van der Waals surface area contributed by atoms with Gasteiger partial charge < -0.3 is 14.9 Å². The summed E-state index contributed by atoms with van der Waals surface area (Å²) in [5.74, 6) is -1.43. The van der Waals surface area contributed by atoms with Crippen LogP contribution >= 0.6 is 9.39 Å².